The molecule has 2 unspecified atom stereocenters. The predicted octanol–water partition coefficient (Wildman–Crippen LogP) is 4.49. The number of rotatable bonds is 5. The Kier molecular flexibility index (Phi) is 5.61. The van der Waals surface area contributed by atoms with E-state index in [0.29, 0.717) is 0 Å². The molecule has 0 radical (unpaired) electrons. The van der Waals surface area contributed by atoms with Gasteiger partial charge in [-0.25, -0.2) is 4.39 Å². The Balaban J connectivity index is 1.96. The van der Waals surface area contributed by atoms with Gasteiger partial charge in [-0.3, -0.25) is 4.79 Å². The van der Waals surface area contributed by atoms with Gasteiger partial charge in [0.15, 0.2) is 0 Å². The molecule has 0 aliphatic carbocycles. The molecule has 0 aromatic heterocycles. The first-order chi connectivity index (χ1) is 10.5. The van der Waals surface area contributed by atoms with Crippen molar-refractivity contribution in [3.8, 4) is 0 Å². The third-order valence-electron chi connectivity index (χ3n) is 3.50. The van der Waals surface area contributed by atoms with Crippen LogP contribution in [0.5, 0.6) is 0 Å². The van der Waals surface area contributed by atoms with Crippen LogP contribution in [0.4, 0.5) is 4.39 Å². The van der Waals surface area contributed by atoms with E-state index in [4.69, 9.17) is 0 Å². The van der Waals surface area contributed by atoms with Gasteiger partial charge in [-0.1, -0.05) is 30.3 Å². The Morgan fingerprint density at radius 2 is 1.73 bits per heavy atom. The van der Waals surface area contributed by atoms with Crippen molar-refractivity contribution in [1.82, 2.24) is 5.32 Å². The zero-order chi connectivity index (χ0) is 16.1. The molecule has 0 bridgehead atoms. The summed E-state index contributed by atoms with van der Waals surface area (Å²) in [5, 5.41) is 2.78. The molecule has 1 amide bonds. The van der Waals surface area contributed by atoms with E-state index < -0.39 is 0 Å². The topological polar surface area (TPSA) is 29.1 Å². The smallest absolute Gasteiger partial charge is 0.233 e. The number of aryl methyl sites for hydroxylation is 1. The highest BCUT2D eigenvalue weighted by atomic mass is 32.2. The second-order valence-electron chi connectivity index (χ2n) is 5.31. The largest absolute Gasteiger partial charge is 0.349 e. The lowest BCUT2D eigenvalue weighted by atomic mass is 10.1. The summed E-state index contributed by atoms with van der Waals surface area (Å²) in [6.07, 6.45) is 0. The Labute approximate surface area is 135 Å². The van der Waals surface area contributed by atoms with Gasteiger partial charge in [0.1, 0.15) is 5.82 Å². The number of hydrogen-bond donors (Lipinski definition) is 1. The summed E-state index contributed by atoms with van der Waals surface area (Å²) in [6, 6.07) is 14.1. The van der Waals surface area contributed by atoms with E-state index in [1.165, 1.54) is 17.7 Å². The fraction of sp³-hybridized carbons (Fsp3) is 0.278. The number of nitrogens with one attached hydrogen (secondary N) is 1. The Hall–Kier alpha value is -1.81. The van der Waals surface area contributed by atoms with E-state index in [0.717, 1.165) is 10.5 Å². The maximum absolute atomic E-state index is 12.9. The second kappa shape index (κ2) is 7.45. The van der Waals surface area contributed by atoms with Crippen LogP contribution in [0.3, 0.4) is 0 Å². The summed E-state index contributed by atoms with van der Waals surface area (Å²) in [5.41, 5.74) is 2.06. The monoisotopic (exact) mass is 317 g/mol. The lowest BCUT2D eigenvalue weighted by Gasteiger charge is -2.18. The molecule has 0 saturated carbocycles. The van der Waals surface area contributed by atoms with Gasteiger partial charge in [-0.2, -0.15) is 0 Å². The Morgan fingerprint density at radius 3 is 2.36 bits per heavy atom. The lowest BCUT2D eigenvalue weighted by molar-refractivity contribution is -0.120. The number of carbonyl (C=O) groups excluding carboxylic acids is 1. The van der Waals surface area contributed by atoms with Crippen molar-refractivity contribution in [2.45, 2.75) is 37.0 Å². The van der Waals surface area contributed by atoms with Crippen LogP contribution in [0.2, 0.25) is 0 Å². The highest BCUT2D eigenvalue weighted by molar-refractivity contribution is 8.00. The Morgan fingerprint density at radius 1 is 1.09 bits per heavy atom. The standard InChI is InChI=1S/C18H20FNOS/c1-12-6-4-5-7-17(12)22-14(3)18(21)20-13(2)15-8-10-16(19)11-9-15/h4-11,13-14H,1-3H3,(H,20,21). The molecule has 2 rings (SSSR count). The van der Waals surface area contributed by atoms with Crippen LogP contribution in [-0.2, 0) is 4.79 Å². The van der Waals surface area contributed by atoms with Crippen molar-refractivity contribution < 1.29 is 9.18 Å². The maximum Gasteiger partial charge on any atom is 0.233 e. The van der Waals surface area contributed by atoms with Crippen LogP contribution in [0.1, 0.15) is 31.0 Å². The van der Waals surface area contributed by atoms with Gasteiger partial charge < -0.3 is 5.32 Å². The highest BCUT2D eigenvalue weighted by Gasteiger charge is 2.18. The van der Waals surface area contributed by atoms with E-state index in [2.05, 4.69) is 5.32 Å². The third kappa shape index (κ3) is 4.34. The van der Waals surface area contributed by atoms with Gasteiger partial charge in [0.05, 0.1) is 11.3 Å². The minimum atomic E-state index is -0.272. The summed E-state index contributed by atoms with van der Waals surface area (Å²) in [5.74, 6) is -0.296. The SMILES string of the molecule is Cc1ccccc1SC(C)C(=O)NC(C)c1ccc(F)cc1. The van der Waals surface area contributed by atoms with Crippen LogP contribution in [-0.4, -0.2) is 11.2 Å². The number of hydrogen-bond acceptors (Lipinski definition) is 2. The molecule has 0 aliphatic rings. The summed E-state index contributed by atoms with van der Waals surface area (Å²) in [6.45, 7) is 5.83. The number of halogens is 1. The summed E-state index contributed by atoms with van der Waals surface area (Å²) in [4.78, 5) is 13.4. The summed E-state index contributed by atoms with van der Waals surface area (Å²) in [7, 11) is 0. The van der Waals surface area contributed by atoms with Gasteiger partial charge in [0, 0.05) is 4.90 Å². The predicted molar refractivity (Wildman–Crippen MR) is 89.5 cm³/mol. The normalized spacial score (nSPS) is 13.5. The molecule has 0 aliphatic heterocycles. The van der Waals surface area contributed by atoms with E-state index >= 15 is 0 Å². The minimum Gasteiger partial charge on any atom is -0.349 e. The molecule has 22 heavy (non-hydrogen) atoms. The summed E-state index contributed by atoms with van der Waals surface area (Å²) < 4.78 is 12.9. The third-order valence-corrected chi connectivity index (χ3v) is 4.77. The van der Waals surface area contributed by atoms with Crippen molar-refractivity contribution in [2.24, 2.45) is 0 Å². The summed E-state index contributed by atoms with van der Waals surface area (Å²) >= 11 is 1.55. The van der Waals surface area contributed by atoms with Crippen LogP contribution >= 0.6 is 11.8 Å². The molecule has 116 valence electrons. The van der Waals surface area contributed by atoms with Gasteiger partial charge in [-0.05, 0) is 50.1 Å². The molecule has 0 spiro atoms. The molecule has 4 heteroatoms. The van der Waals surface area contributed by atoms with E-state index in [-0.39, 0.29) is 23.0 Å². The Bertz CT molecular complexity index is 642. The fourth-order valence-electron chi connectivity index (χ4n) is 2.10. The van der Waals surface area contributed by atoms with Crippen LogP contribution in [0, 0.1) is 12.7 Å². The maximum atomic E-state index is 12.9. The highest BCUT2D eigenvalue weighted by Crippen LogP contribution is 2.26. The van der Waals surface area contributed by atoms with Crippen molar-refractivity contribution in [1.29, 1.82) is 0 Å². The number of benzene rings is 2. The van der Waals surface area contributed by atoms with Crippen molar-refractivity contribution >= 4 is 17.7 Å². The van der Waals surface area contributed by atoms with E-state index in [9.17, 15) is 9.18 Å². The van der Waals surface area contributed by atoms with E-state index in [1.54, 1.807) is 23.9 Å². The van der Waals surface area contributed by atoms with Crippen LogP contribution in [0.15, 0.2) is 53.4 Å². The average molecular weight is 317 g/mol. The van der Waals surface area contributed by atoms with Crippen molar-refractivity contribution in [3.05, 3.63) is 65.5 Å². The molecule has 2 nitrogen and oxygen atoms in total. The molecular weight excluding hydrogens is 297 g/mol. The first-order valence-corrected chi connectivity index (χ1v) is 8.13. The van der Waals surface area contributed by atoms with E-state index in [1.807, 2.05) is 45.0 Å². The fourth-order valence-corrected chi connectivity index (χ4v) is 3.07. The molecule has 1 N–H and O–H groups in total. The zero-order valence-corrected chi connectivity index (χ0v) is 13.8. The average Bonchev–Trinajstić information content (AvgIpc) is 2.50. The molecule has 2 atom stereocenters. The second-order valence-corrected chi connectivity index (χ2v) is 6.69. The van der Waals surface area contributed by atoms with Gasteiger partial charge in [-0.15, -0.1) is 11.8 Å². The molecular formula is C18H20FNOS. The number of thioether (sulfide) groups is 1. The minimum absolute atomic E-state index is 0.0231. The van der Waals surface area contributed by atoms with Crippen molar-refractivity contribution in [3.63, 3.8) is 0 Å². The van der Waals surface area contributed by atoms with Gasteiger partial charge in [0.2, 0.25) is 5.91 Å². The first kappa shape index (κ1) is 16.6. The lowest BCUT2D eigenvalue weighted by Crippen LogP contribution is -2.33. The molecule has 2 aromatic carbocycles. The molecule has 0 fully saturated rings. The quantitative estimate of drug-likeness (QED) is 0.823. The molecule has 0 heterocycles. The van der Waals surface area contributed by atoms with Crippen LogP contribution < -0.4 is 5.32 Å². The zero-order valence-electron chi connectivity index (χ0n) is 13.0. The van der Waals surface area contributed by atoms with Gasteiger partial charge >= 0.3 is 0 Å². The number of amides is 1. The first-order valence-electron chi connectivity index (χ1n) is 7.25. The van der Waals surface area contributed by atoms with Crippen LogP contribution in [0.25, 0.3) is 0 Å². The molecule has 2 aromatic rings. The van der Waals surface area contributed by atoms with Gasteiger partial charge in [0.25, 0.3) is 0 Å². The van der Waals surface area contributed by atoms with Crippen molar-refractivity contribution in [2.75, 3.05) is 0 Å². The number of carbonyl (C=O) groups is 1. The molecule has 0 saturated heterocycles.